The van der Waals surface area contributed by atoms with Crippen LogP contribution in [0.15, 0.2) is 29.2 Å². The lowest BCUT2D eigenvalue weighted by atomic mass is 9.75. The third kappa shape index (κ3) is 3.47. The molecule has 0 radical (unpaired) electrons. The van der Waals surface area contributed by atoms with Gasteiger partial charge in [0.05, 0.1) is 23.5 Å². The number of rotatable bonds is 6. The van der Waals surface area contributed by atoms with E-state index in [9.17, 15) is 18.0 Å². The van der Waals surface area contributed by atoms with Crippen LogP contribution >= 0.6 is 0 Å². The first-order chi connectivity index (χ1) is 12.7. The van der Waals surface area contributed by atoms with E-state index in [1.54, 1.807) is 12.1 Å². The molecule has 3 fully saturated rings. The number of fused-ring (bicyclic) bond motifs is 3. The van der Waals surface area contributed by atoms with Crippen LogP contribution in [0.25, 0.3) is 0 Å². The molecular formula is C19H24O7S. The van der Waals surface area contributed by atoms with Crippen LogP contribution < -0.4 is 0 Å². The molecular weight excluding hydrogens is 372 g/mol. The van der Waals surface area contributed by atoms with Gasteiger partial charge in [0, 0.05) is 13.0 Å². The predicted molar refractivity (Wildman–Crippen MR) is 95.9 cm³/mol. The predicted octanol–water partition coefficient (Wildman–Crippen LogP) is 1.32. The van der Waals surface area contributed by atoms with Crippen LogP contribution in [-0.2, 0) is 33.6 Å². The fourth-order valence-electron chi connectivity index (χ4n) is 4.15. The smallest absolute Gasteiger partial charge is 0.185 e. The SMILES string of the molecule is CO[C@H]1O[C@@H]2CO[C@H]1[C@@H](S(=O)(=O)c1ccc(C)cc1)[C@@H]2C(C(C)=O)C(C)=O. The summed E-state index contributed by atoms with van der Waals surface area (Å²) in [5, 5.41) is -1.12. The largest absolute Gasteiger partial charge is 0.369 e. The number of ketones is 2. The first-order valence-corrected chi connectivity index (χ1v) is 10.3. The molecule has 7 nitrogen and oxygen atoms in total. The summed E-state index contributed by atoms with van der Waals surface area (Å²) in [6.07, 6.45) is -2.51. The lowest BCUT2D eigenvalue weighted by Crippen LogP contribution is -2.67. The quantitative estimate of drug-likeness (QED) is 0.669. The minimum atomic E-state index is -3.90. The summed E-state index contributed by atoms with van der Waals surface area (Å²) < 4.78 is 43.8. The highest BCUT2D eigenvalue weighted by Crippen LogP contribution is 2.43. The van der Waals surface area contributed by atoms with Gasteiger partial charge in [-0.1, -0.05) is 17.7 Å². The van der Waals surface area contributed by atoms with Gasteiger partial charge >= 0.3 is 0 Å². The molecule has 4 rings (SSSR count). The number of sulfone groups is 1. The van der Waals surface area contributed by atoms with Crippen LogP contribution in [0.5, 0.6) is 0 Å². The molecule has 3 heterocycles. The Morgan fingerprint density at radius 3 is 2.26 bits per heavy atom. The highest BCUT2D eigenvalue weighted by Gasteiger charge is 2.60. The van der Waals surface area contributed by atoms with Gasteiger partial charge in [-0.2, -0.15) is 0 Å². The summed E-state index contributed by atoms with van der Waals surface area (Å²) in [5.74, 6) is -2.63. The van der Waals surface area contributed by atoms with Crippen molar-refractivity contribution in [3.8, 4) is 0 Å². The van der Waals surface area contributed by atoms with Crippen LogP contribution in [0.2, 0.25) is 0 Å². The number of Topliss-reactive ketones (excluding diaryl/α,β-unsaturated/α-hetero) is 2. The topological polar surface area (TPSA) is 96.0 Å². The molecule has 3 saturated heterocycles. The summed E-state index contributed by atoms with van der Waals surface area (Å²) in [4.78, 5) is 24.6. The molecule has 1 aromatic rings. The summed E-state index contributed by atoms with van der Waals surface area (Å²) in [6, 6.07) is 6.48. The Hall–Kier alpha value is -1.61. The zero-order valence-electron chi connectivity index (χ0n) is 15.7. The number of aryl methyl sites for hydroxylation is 1. The van der Waals surface area contributed by atoms with Gasteiger partial charge in [0.2, 0.25) is 0 Å². The third-order valence-electron chi connectivity index (χ3n) is 5.36. The van der Waals surface area contributed by atoms with Crippen LogP contribution in [0.3, 0.4) is 0 Å². The fourth-order valence-corrected chi connectivity index (χ4v) is 6.28. The molecule has 3 aliphatic heterocycles. The van der Waals surface area contributed by atoms with E-state index in [1.807, 2.05) is 6.92 Å². The Morgan fingerprint density at radius 2 is 1.74 bits per heavy atom. The fraction of sp³-hybridized carbons (Fsp3) is 0.579. The maximum Gasteiger partial charge on any atom is 0.185 e. The molecule has 0 N–H and O–H groups in total. The second kappa shape index (κ2) is 7.43. The van der Waals surface area contributed by atoms with Gasteiger partial charge in [0.25, 0.3) is 0 Å². The summed E-state index contributed by atoms with van der Waals surface area (Å²) >= 11 is 0. The molecule has 2 bridgehead atoms. The number of hydrogen-bond donors (Lipinski definition) is 0. The van der Waals surface area contributed by atoms with E-state index >= 15 is 0 Å². The number of benzene rings is 1. The summed E-state index contributed by atoms with van der Waals surface area (Å²) in [6.45, 7) is 4.59. The minimum absolute atomic E-state index is 0.117. The Bertz CT molecular complexity index is 816. The Balaban J connectivity index is 2.13. The molecule has 148 valence electrons. The number of hydrogen-bond acceptors (Lipinski definition) is 7. The number of carbonyl (C=O) groups excluding carboxylic acids is 2. The molecule has 0 aromatic heterocycles. The van der Waals surface area contributed by atoms with E-state index in [4.69, 9.17) is 14.2 Å². The molecule has 0 aliphatic carbocycles. The number of methoxy groups -OCH3 is 1. The first-order valence-electron chi connectivity index (χ1n) is 8.79. The van der Waals surface area contributed by atoms with Crippen LogP contribution in [-0.4, -0.2) is 57.4 Å². The number of ether oxygens (including phenoxy) is 3. The van der Waals surface area contributed by atoms with Gasteiger partial charge in [0.1, 0.15) is 22.9 Å². The Morgan fingerprint density at radius 1 is 1.15 bits per heavy atom. The van der Waals surface area contributed by atoms with Crippen molar-refractivity contribution in [1.29, 1.82) is 0 Å². The molecule has 8 heteroatoms. The van der Waals surface area contributed by atoms with Crippen molar-refractivity contribution < 1.29 is 32.2 Å². The van der Waals surface area contributed by atoms with Crippen LogP contribution in [0, 0.1) is 18.8 Å². The summed E-state index contributed by atoms with van der Waals surface area (Å²) in [7, 11) is -2.49. The van der Waals surface area contributed by atoms with Gasteiger partial charge < -0.3 is 14.2 Å². The molecule has 0 unspecified atom stereocenters. The molecule has 1 aromatic carbocycles. The maximum atomic E-state index is 13.5. The van der Waals surface area contributed by atoms with E-state index in [0.29, 0.717) is 0 Å². The van der Waals surface area contributed by atoms with Crippen LogP contribution in [0.1, 0.15) is 19.4 Å². The van der Waals surface area contributed by atoms with Crippen molar-refractivity contribution in [3.63, 3.8) is 0 Å². The van der Waals surface area contributed by atoms with Gasteiger partial charge in [-0.05, 0) is 32.9 Å². The van der Waals surface area contributed by atoms with Crippen molar-refractivity contribution in [2.45, 2.75) is 49.4 Å². The van der Waals surface area contributed by atoms with Crippen molar-refractivity contribution in [1.82, 2.24) is 0 Å². The Labute approximate surface area is 158 Å². The molecule has 0 spiro atoms. The van der Waals surface area contributed by atoms with E-state index in [2.05, 4.69) is 0 Å². The Kier molecular flexibility index (Phi) is 5.54. The van der Waals surface area contributed by atoms with Crippen molar-refractivity contribution in [3.05, 3.63) is 29.8 Å². The van der Waals surface area contributed by atoms with E-state index in [-0.39, 0.29) is 23.1 Å². The first kappa shape index (κ1) is 20.1. The molecule has 5 atom stereocenters. The lowest BCUT2D eigenvalue weighted by molar-refractivity contribution is -0.310. The standard InChI is InChI=1S/C19H24O7S/c1-10-5-7-13(8-6-10)27(22,23)18-16(15(11(2)20)12(3)21)14-9-25-17(18)19(24-4)26-14/h5-8,14-19H,9H2,1-4H3/t14-,16+,17+,18+,19+/m1/s1. The van der Waals surface area contributed by atoms with Crippen LogP contribution in [0.4, 0.5) is 0 Å². The van der Waals surface area contributed by atoms with E-state index in [1.165, 1.54) is 33.1 Å². The maximum absolute atomic E-state index is 13.5. The van der Waals surface area contributed by atoms with Crippen molar-refractivity contribution in [2.24, 2.45) is 11.8 Å². The molecule has 27 heavy (non-hydrogen) atoms. The highest BCUT2D eigenvalue weighted by atomic mass is 32.2. The second-order valence-electron chi connectivity index (χ2n) is 7.18. The lowest BCUT2D eigenvalue weighted by Gasteiger charge is -2.51. The zero-order chi connectivity index (χ0) is 19.9. The molecule has 0 saturated carbocycles. The average Bonchev–Trinajstić information content (AvgIpc) is 2.61. The monoisotopic (exact) mass is 396 g/mol. The van der Waals surface area contributed by atoms with Crippen molar-refractivity contribution in [2.75, 3.05) is 13.7 Å². The van der Waals surface area contributed by atoms with Gasteiger partial charge in [-0.3, -0.25) is 9.59 Å². The highest BCUT2D eigenvalue weighted by molar-refractivity contribution is 7.92. The summed E-state index contributed by atoms with van der Waals surface area (Å²) in [5.41, 5.74) is 0.926. The van der Waals surface area contributed by atoms with Gasteiger partial charge in [-0.25, -0.2) is 8.42 Å². The molecule has 0 amide bonds. The normalized spacial score (nSPS) is 30.5. The zero-order valence-corrected chi connectivity index (χ0v) is 16.6. The van der Waals surface area contributed by atoms with Gasteiger partial charge in [-0.15, -0.1) is 0 Å². The van der Waals surface area contributed by atoms with Crippen molar-refractivity contribution >= 4 is 21.4 Å². The molecule has 3 aliphatic rings. The average molecular weight is 396 g/mol. The third-order valence-corrected chi connectivity index (χ3v) is 7.59. The second-order valence-corrected chi connectivity index (χ2v) is 9.28. The number of carbonyl (C=O) groups is 2. The minimum Gasteiger partial charge on any atom is -0.369 e. The van der Waals surface area contributed by atoms with E-state index in [0.717, 1.165) is 5.56 Å². The van der Waals surface area contributed by atoms with E-state index < -0.39 is 45.4 Å². The van der Waals surface area contributed by atoms with Gasteiger partial charge in [0.15, 0.2) is 16.1 Å².